The van der Waals surface area contributed by atoms with Gasteiger partial charge in [-0.1, -0.05) is 44.5 Å². The SMILES string of the molecule is CCC(=O)Nc1ccc(C(C)NC(=O)c2cnn(-c3ccc(Cl)cc3)c2C(C)C)cc1. The highest BCUT2D eigenvalue weighted by Crippen LogP contribution is 2.25. The van der Waals surface area contributed by atoms with E-state index < -0.39 is 0 Å². The van der Waals surface area contributed by atoms with E-state index in [1.165, 1.54) is 0 Å². The maximum atomic E-state index is 13.1. The van der Waals surface area contributed by atoms with Crippen LogP contribution in [0.4, 0.5) is 5.69 Å². The third-order valence-corrected chi connectivity index (χ3v) is 5.28. The van der Waals surface area contributed by atoms with Crippen molar-refractivity contribution in [2.75, 3.05) is 5.32 Å². The molecule has 31 heavy (non-hydrogen) atoms. The molecule has 6 nitrogen and oxygen atoms in total. The number of carbonyl (C=O) groups is 2. The zero-order chi connectivity index (χ0) is 22.5. The molecule has 0 aliphatic carbocycles. The molecule has 3 aromatic rings. The van der Waals surface area contributed by atoms with E-state index in [4.69, 9.17) is 11.6 Å². The topological polar surface area (TPSA) is 76.0 Å². The number of benzene rings is 2. The summed E-state index contributed by atoms with van der Waals surface area (Å²) in [4.78, 5) is 24.6. The maximum Gasteiger partial charge on any atom is 0.255 e. The molecule has 1 atom stereocenters. The first-order chi connectivity index (χ1) is 14.8. The van der Waals surface area contributed by atoms with Crippen molar-refractivity contribution in [3.05, 3.63) is 76.6 Å². The standard InChI is InChI=1S/C24H27ClN4O2/c1-5-22(30)28-19-10-6-17(7-11-19)16(4)27-24(31)21-14-26-29(23(21)15(2)3)20-12-8-18(25)9-13-20/h6-16H,5H2,1-4H3,(H,27,31)(H,28,30). The van der Waals surface area contributed by atoms with Gasteiger partial charge in [-0.15, -0.1) is 0 Å². The first-order valence-corrected chi connectivity index (χ1v) is 10.7. The van der Waals surface area contributed by atoms with Gasteiger partial charge in [0.15, 0.2) is 0 Å². The Balaban J connectivity index is 1.78. The fourth-order valence-electron chi connectivity index (χ4n) is 3.34. The van der Waals surface area contributed by atoms with Crippen LogP contribution in [0.25, 0.3) is 5.69 Å². The minimum atomic E-state index is -0.206. The van der Waals surface area contributed by atoms with Crippen molar-refractivity contribution in [3.8, 4) is 5.69 Å². The van der Waals surface area contributed by atoms with Crippen LogP contribution >= 0.6 is 11.6 Å². The Morgan fingerprint density at radius 1 is 1.03 bits per heavy atom. The molecule has 1 heterocycles. The molecular formula is C24H27ClN4O2. The Kier molecular flexibility index (Phi) is 7.13. The summed E-state index contributed by atoms with van der Waals surface area (Å²) in [6, 6.07) is 14.6. The molecule has 1 aromatic heterocycles. The van der Waals surface area contributed by atoms with Crippen LogP contribution < -0.4 is 10.6 Å². The molecule has 0 aliphatic rings. The summed E-state index contributed by atoms with van der Waals surface area (Å²) in [7, 11) is 0. The van der Waals surface area contributed by atoms with Crippen molar-refractivity contribution >= 4 is 29.1 Å². The van der Waals surface area contributed by atoms with E-state index in [0.29, 0.717) is 17.0 Å². The first kappa shape index (κ1) is 22.6. The van der Waals surface area contributed by atoms with Crippen LogP contribution in [0.15, 0.2) is 54.7 Å². The van der Waals surface area contributed by atoms with Crippen LogP contribution in [-0.4, -0.2) is 21.6 Å². The summed E-state index contributed by atoms with van der Waals surface area (Å²) in [5.74, 6) is -0.122. The molecule has 0 radical (unpaired) electrons. The average molecular weight is 439 g/mol. The predicted octanol–water partition coefficient (Wildman–Crippen LogP) is 5.49. The number of nitrogens with one attached hydrogen (secondary N) is 2. The zero-order valence-electron chi connectivity index (χ0n) is 18.1. The lowest BCUT2D eigenvalue weighted by atomic mass is 10.0. The van der Waals surface area contributed by atoms with Gasteiger partial charge in [-0.05, 0) is 54.8 Å². The fraction of sp³-hybridized carbons (Fsp3) is 0.292. The van der Waals surface area contributed by atoms with Gasteiger partial charge in [0.2, 0.25) is 5.91 Å². The first-order valence-electron chi connectivity index (χ1n) is 10.3. The number of rotatable bonds is 7. The minimum Gasteiger partial charge on any atom is -0.345 e. The van der Waals surface area contributed by atoms with Gasteiger partial charge in [0.25, 0.3) is 5.91 Å². The molecule has 2 aromatic carbocycles. The van der Waals surface area contributed by atoms with Crippen LogP contribution in [-0.2, 0) is 4.79 Å². The summed E-state index contributed by atoms with van der Waals surface area (Å²) in [6.07, 6.45) is 2.03. The van der Waals surface area contributed by atoms with E-state index in [-0.39, 0.29) is 23.8 Å². The van der Waals surface area contributed by atoms with Crippen LogP contribution in [0, 0.1) is 0 Å². The third-order valence-electron chi connectivity index (χ3n) is 5.03. The molecule has 0 spiro atoms. The molecule has 1 unspecified atom stereocenters. The predicted molar refractivity (Wildman–Crippen MR) is 124 cm³/mol. The maximum absolute atomic E-state index is 13.1. The lowest BCUT2D eigenvalue weighted by molar-refractivity contribution is -0.115. The van der Waals surface area contributed by atoms with Crippen LogP contribution in [0.5, 0.6) is 0 Å². The van der Waals surface area contributed by atoms with Crippen molar-refractivity contribution in [2.45, 2.75) is 46.1 Å². The van der Waals surface area contributed by atoms with Crippen molar-refractivity contribution in [1.29, 1.82) is 0 Å². The minimum absolute atomic E-state index is 0.0342. The zero-order valence-corrected chi connectivity index (χ0v) is 18.9. The lowest BCUT2D eigenvalue weighted by Crippen LogP contribution is -2.27. The second-order valence-electron chi connectivity index (χ2n) is 7.71. The van der Waals surface area contributed by atoms with E-state index in [2.05, 4.69) is 15.7 Å². The summed E-state index contributed by atoms with van der Waals surface area (Å²) < 4.78 is 1.78. The highest BCUT2D eigenvalue weighted by molar-refractivity contribution is 6.30. The molecule has 7 heteroatoms. The number of halogens is 1. The van der Waals surface area contributed by atoms with E-state index in [0.717, 1.165) is 22.6 Å². The molecule has 2 amide bonds. The van der Waals surface area contributed by atoms with E-state index in [1.54, 1.807) is 23.0 Å². The third kappa shape index (κ3) is 5.33. The lowest BCUT2D eigenvalue weighted by Gasteiger charge is -2.17. The van der Waals surface area contributed by atoms with Crippen LogP contribution in [0.1, 0.15) is 67.7 Å². The average Bonchev–Trinajstić information content (AvgIpc) is 3.20. The molecular weight excluding hydrogens is 412 g/mol. The van der Waals surface area contributed by atoms with Gasteiger partial charge in [-0.2, -0.15) is 5.10 Å². The van der Waals surface area contributed by atoms with Crippen molar-refractivity contribution in [1.82, 2.24) is 15.1 Å². The van der Waals surface area contributed by atoms with Crippen molar-refractivity contribution in [2.24, 2.45) is 0 Å². The van der Waals surface area contributed by atoms with Gasteiger partial charge in [0, 0.05) is 17.1 Å². The van der Waals surface area contributed by atoms with Gasteiger partial charge in [0.1, 0.15) is 0 Å². The second kappa shape index (κ2) is 9.79. The summed E-state index contributed by atoms with van der Waals surface area (Å²) in [5, 5.41) is 11.0. The smallest absolute Gasteiger partial charge is 0.255 e. The Morgan fingerprint density at radius 3 is 2.26 bits per heavy atom. The molecule has 162 valence electrons. The molecule has 0 saturated heterocycles. The van der Waals surface area contributed by atoms with E-state index in [9.17, 15) is 9.59 Å². The quantitative estimate of drug-likeness (QED) is 0.512. The van der Waals surface area contributed by atoms with Crippen molar-refractivity contribution < 1.29 is 9.59 Å². The monoisotopic (exact) mass is 438 g/mol. The second-order valence-corrected chi connectivity index (χ2v) is 8.14. The normalized spacial score (nSPS) is 11.9. The van der Waals surface area contributed by atoms with Crippen LogP contribution in [0.3, 0.4) is 0 Å². The van der Waals surface area contributed by atoms with Crippen molar-refractivity contribution in [3.63, 3.8) is 0 Å². The van der Waals surface area contributed by atoms with Gasteiger partial charge >= 0.3 is 0 Å². The number of nitrogens with zero attached hydrogens (tertiary/aromatic N) is 2. The molecule has 3 rings (SSSR count). The summed E-state index contributed by atoms with van der Waals surface area (Å²) in [6.45, 7) is 7.80. The largest absolute Gasteiger partial charge is 0.345 e. The molecule has 0 bridgehead atoms. The number of hydrogen-bond donors (Lipinski definition) is 2. The molecule has 0 aliphatic heterocycles. The highest BCUT2D eigenvalue weighted by atomic mass is 35.5. The Hall–Kier alpha value is -3.12. The molecule has 2 N–H and O–H groups in total. The Bertz CT molecular complexity index is 1060. The van der Waals surface area contributed by atoms with Gasteiger partial charge in [-0.25, -0.2) is 4.68 Å². The number of anilines is 1. The van der Waals surface area contributed by atoms with E-state index in [1.807, 2.05) is 64.1 Å². The molecule has 0 fully saturated rings. The van der Waals surface area contributed by atoms with Gasteiger partial charge in [-0.3, -0.25) is 9.59 Å². The number of amides is 2. The van der Waals surface area contributed by atoms with Gasteiger partial charge < -0.3 is 10.6 Å². The number of carbonyl (C=O) groups excluding carboxylic acids is 2. The highest BCUT2D eigenvalue weighted by Gasteiger charge is 2.22. The summed E-state index contributed by atoms with van der Waals surface area (Å²) in [5.41, 5.74) is 3.91. The number of hydrogen-bond acceptors (Lipinski definition) is 3. The Labute approximate surface area is 187 Å². The fourth-order valence-corrected chi connectivity index (χ4v) is 3.46. The van der Waals surface area contributed by atoms with Crippen LogP contribution in [0.2, 0.25) is 5.02 Å². The summed E-state index contributed by atoms with van der Waals surface area (Å²) >= 11 is 6.00. The molecule has 0 saturated carbocycles. The van der Waals surface area contributed by atoms with E-state index >= 15 is 0 Å². The number of aromatic nitrogens is 2. The Morgan fingerprint density at radius 2 is 1.68 bits per heavy atom. The van der Waals surface area contributed by atoms with Gasteiger partial charge in [0.05, 0.1) is 29.2 Å².